The van der Waals surface area contributed by atoms with E-state index in [9.17, 15) is 0 Å². The van der Waals surface area contributed by atoms with Crippen LogP contribution in [0.2, 0.25) is 0 Å². The van der Waals surface area contributed by atoms with Gasteiger partial charge in [0.25, 0.3) is 0 Å². The maximum atomic E-state index is 5.90. The van der Waals surface area contributed by atoms with Gasteiger partial charge in [-0.05, 0) is 68.2 Å². The highest BCUT2D eigenvalue weighted by Gasteiger charge is 2.16. The Hall–Kier alpha value is 0.1000. The third-order valence-corrected chi connectivity index (χ3v) is 4.12. The predicted octanol–water partition coefficient (Wildman–Crippen LogP) is 4.24. The summed E-state index contributed by atoms with van der Waals surface area (Å²) in [6.07, 6.45) is 2.19. The normalized spacial score (nSPS) is 13.8. The fraction of sp³-hybridized carbons (Fsp3) is 0.714. The molecule has 0 amide bonds. The molecule has 4 heteroatoms. The van der Waals surface area contributed by atoms with Crippen LogP contribution in [0, 0.1) is 0 Å². The molecule has 1 aromatic rings. The number of ether oxygens (including phenoxy) is 1. The van der Waals surface area contributed by atoms with Crippen molar-refractivity contribution in [3.8, 4) is 0 Å². The molecule has 2 nitrogen and oxygen atoms in total. The standard InChI is InChI=1S/C14H24BrNOS/c1-5-8-16-11(10-17-14(2,3)4)9-12-6-7-13(15)18-12/h6-7,11,16H,5,8-10H2,1-4H3. The van der Waals surface area contributed by atoms with Crippen LogP contribution in [-0.2, 0) is 11.2 Å². The molecule has 0 spiro atoms. The maximum Gasteiger partial charge on any atom is 0.0701 e. The summed E-state index contributed by atoms with van der Waals surface area (Å²) < 4.78 is 7.10. The Kier molecular flexibility index (Phi) is 6.85. The van der Waals surface area contributed by atoms with Crippen LogP contribution in [0.25, 0.3) is 0 Å². The quantitative estimate of drug-likeness (QED) is 0.805. The van der Waals surface area contributed by atoms with E-state index >= 15 is 0 Å². The topological polar surface area (TPSA) is 21.3 Å². The molecule has 0 radical (unpaired) electrons. The van der Waals surface area contributed by atoms with Crippen LogP contribution >= 0.6 is 27.3 Å². The Labute approximate surface area is 123 Å². The molecule has 1 atom stereocenters. The van der Waals surface area contributed by atoms with Gasteiger partial charge in [0.1, 0.15) is 0 Å². The van der Waals surface area contributed by atoms with Gasteiger partial charge < -0.3 is 10.1 Å². The van der Waals surface area contributed by atoms with Crippen LogP contribution in [0.15, 0.2) is 15.9 Å². The second-order valence-corrected chi connectivity index (χ2v) is 8.03. The van der Waals surface area contributed by atoms with Crippen LogP contribution in [-0.4, -0.2) is 24.8 Å². The van der Waals surface area contributed by atoms with Gasteiger partial charge in [0.2, 0.25) is 0 Å². The average molecular weight is 334 g/mol. The smallest absolute Gasteiger partial charge is 0.0701 e. The van der Waals surface area contributed by atoms with E-state index in [1.54, 1.807) is 11.3 Å². The zero-order chi connectivity index (χ0) is 13.6. The first-order valence-electron chi connectivity index (χ1n) is 6.52. The number of hydrogen-bond acceptors (Lipinski definition) is 3. The Morgan fingerprint density at radius 1 is 1.39 bits per heavy atom. The molecule has 18 heavy (non-hydrogen) atoms. The van der Waals surface area contributed by atoms with Crippen LogP contribution in [0.3, 0.4) is 0 Å². The van der Waals surface area contributed by atoms with Crippen LogP contribution in [0.1, 0.15) is 39.0 Å². The summed E-state index contributed by atoms with van der Waals surface area (Å²) >= 11 is 5.32. The monoisotopic (exact) mass is 333 g/mol. The van der Waals surface area contributed by atoms with Crippen LogP contribution < -0.4 is 5.32 Å². The van der Waals surface area contributed by atoms with Crippen molar-refractivity contribution in [2.45, 2.75) is 52.2 Å². The highest BCUT2D eigenvalue weighted by molar-refractivity contribution is 9.11. The van der Waals surface area contributed by atoms with Gasteiger partial charge >= 0.3 is 0 Å². The number of thiophene rings is 1. The van der Waals surface area contributed by atoms with Crippen molar-refractivity contribution in [3.63, 3.8) is 0 Å². The first-order chi connectivity index (χ1) is 8.40. The van der Waals surface area contributed by atoms with Crippen molar-refractivity contribution in [1.82, 2.24) is 5.32 Å². The molecule has 0 aliphatic heterocycles. The number of hydrogen-bond donors (Lipinski definition) is 1. The molecule has 0 aliphatic carbocycles. The van der Waals surface area contributed by atoms with E-state index in [-0.39, 0.29) is 5.60 Å². The van der Waals surface area contributed by atoms with E-state index in [4.69, 9.17) is 4.74 Å². The van der Waals surface area contributed by atoms with E-state index in [1.807, 2.05) is 0 Å². The van der Waals surface area contributed by atoms with Crippen LogP contribution in [0.4, 0.5) is 0 Å². The molecule has 1 aromatic heterocycles. The molecular formula is C14H24BrNOS. The third-order valence-electron chi connectivity index (χ3n) is 2.48. The lowest BCUT2D eigenvalue weighted by Gasteiger charge is -2.25. The van der Waals surface area contributed by atoms with Gasteiger partial charge in [0, 0.05) is 10.9 Å². The predicted molar refractivity (Wildman–Crippen MR) is 83.5 cm³/mol. The first kappa shape index (κ1) is 16.2. The van der Waals surface area contributed by atoms with E-state index in [1.165, 1.54) is 8.66 Å². The summed E-state index contributed by atoms with van der Waals surface area (Å²) in [4.78, 5) is 1.40. The second-order valence-electron chi connectivity index (χ2n) is 5.48. The first-order valence-corrected chi connectivity index (χ1v) is 8.13. The minimum absolute atomic E-state index is 0.0673. The van der Waals surface area contributed by atoms with Gasteiger partial charge in [-0.3, -0.25) is 0 Å². The molecule has 0 fully saturated rings. The van der Waals surface area contributed by atoms with E-state index in [0.29, 0.717) is 6.04 Å². The number of rotatable bonds is 7. The Morgan fingerprint density at radius 3 is 2.61 bits per heavy atom. The van der Waals surface area contributed by atoms with E-state index in [2.05, 4.69) is 61.1 Å². The summed E-state index contributed by atoms with van der Waals surface area (Å²) in [5.74, 6) is 0. The van der Waals surface area contributed by atoms with Crippen molar-refractivity contribution in [3.05, 3.63) is 20.8 Å². The Balaban J connectivity index is 2.49. The molecule has 1 unspecified atom stereocenters. The fourth-order valence-electron chi connectivity index (χ4n) is 1.59. The number of nitrogens with one attached hydrogen (secondary N) is 1. The minimum atomic E-state index is -0.0673. The fourth-order valence-corrected chi connectivity index (χ4v) is 3.16. The molecule has 0 saturated carbocycles. The molecular weight excluding hydrogens is 310 g/mol. The van der Waals surface area contributed by atoms with Gasteiger partial charge in [-0.1, -0.05) is 6.92 Å². The summed E-state index contributed by atoms with van der Waals surface area (Å²) in [5, 5.41) is 3.57. The van der Waals surface area contributed by atoms with Crippen molar-refractivity contribution in [2.75, 3.05) is 13.2 Å². The van der Waals surface area contributed by atoms with Gasteiger partial charge in [-0.15, -0.1) is 11.3 Å². The van der Waals surface area contributed by atoms with Gasteiger partial charge in [0.05, 0.1) is 16.0 Å². The zero-order valence-corrected chi connectivity index (χ0v) is 14.2. The van der Waals surface area contributed by atoms with Gasteiger partial charge in [0.15, 0.2) is 0 Å². The summed E-state index contributed by atoms with van der Waals surface area (Å²) in [7, 11) is 0. The summed E-state index contributed by atoms with van der Waals surface area (Å²) in [6, 6.07) is 4.70. The molecule has 0 bridgehead atoms. The summed E-state index contributed by atoms with van der Waals surface area (Å²) in [5.41, 5.74) is -0.0673. The second kappa shape index (κ2) is 7.63. The Bertz CT molecular complexity index is 346. The highest BCUT2D eigenvalue weighted by Crippen LogP contribution is 2.23. The molecule has 0 aromatic carbocycles. The lowest BCUT2D eigenvalue weighted by atomic mass is 10.1. The third kappa shape index (κ3) is 6.88. The SMILES string of the molecule is CCCNC(COC(C)(C)C)Cc1ccc(Br)s1. The van der Waals surface area contributed by atoms with Crippen LogP contribution in [0.5, 0.6) is 0 Å². The van der Waals surface area contributed by atoms with Crippen molar-refractivity contribution < 1.29 is 4.74 Å². The Morgan fingerprint density at radius 2 is 2.11 bits per heavy atom. The maximum absolute atomic E-state index is 5.90. The molecule has 1 N–H and O–H groups in total. The highest BCUT2D eigenvalue weighted by atomic mass is 79.9. The molecule has 1 rings (SSSR count). The summed E-state index contributed by atoms with van der Waals surface area (Å²) in [6.45, 7) is 10.3. The van der Waals surface area contributed by atoms with Gasteiger partial charge in [-0.2, -0.15) is 0 Å². The lowest BCUT2D eigenvalue weighted by molar-refractivity contribution is -0.0142. The molecule has 1 heterocycles. The van der Waals surface area contributed by atoms with E-state index in [0.717, 1.165) is 26.0 Å². The van der Waals surface area contributed by atoms with Crippen molar-refractivity contribution >= 4 is 27.3 Å². The number of halogens is 1. The molecule has 0 aliphatic rings. The van der Waals surface area contributed by atoms with E-state index < -0.39 is 0 Å². The zero-order valence-electron chi connectivity index (χ0n) is 11.8. The lowest BCUT2D eigenvalue weighted by Crippen LogP contribution is -2.38. The van der Waals surface area contributed by atoms with Crippen molar-refractivity contribution in [2.24, 2.45) is 0 Å². The minimum Gasteiger partial charge on any atom is -0.374 e. The molecule has 0 saturated heterocycles. The largest absolute Gasteiger partial charge is 0.374 e. The molecule has 104 valence electrons. The average Bonchev–Trinajstić information content (AvgIpc) is 2.67. The van der Waals surface area contributed by atoms with Gasteiger partial charge in [-0.25, -0.2) is 0 Å². The van der Waals surface area contributed by atoms with Crippen molar-refractivity contribution in [1.29, 1.82) is 0 Å².